The maximum absolute atomic E-state index is 11.6. The van der Waals surface area contributed by atoms with Crippen molar-refractivity contribution in [3.8, 4) is 5.75 Å². The third-order valence-electron chi connectivity index (χ3n) is 2.15. The van der Waals surface area contributed by atoms with Crippen molar-refractivity contribution in [1.29, 1.82) is 0 Å². The average molecular weight is 237 g/mol. The fourth-order valence-electron chi connectivity index (χ4n) is 1.54. The van der Waals surface area contributed by atoms with Crippen molar-refractivity contribution in [2.24, 2.45) is 0 Å². The highest BCUT2D eigenvalue weighted by Crippen LogP contribution is 2.33. The van der Waals surface area contributed by atoms with Crippen LogP contribution in [-0.4, -0.2) is 23.0 Å². The fraction of sp³-hybridized carbons (Fsp3) is 0.273. The predicted octanol–water partition coefficient (Wildman–Crippen LogP) is 2.06. The SMILES string of the molecule is CC1(C)OC(=O)c2ccc(NC(=O)O)cc2O1. The predicted molar refractivity (Wildman–Crippen MR) is 58.2 cm³/mol. The summed E-state index contributed by atoms with van der Waals surface area (Å²) in [4.78, 5) is 22.1. The van der Waals surface area contributed by atoms with Crippen molar-refractivity contribution in [3.63, 3.8) is 0 Å². The number of carbonyl (C=O) groups is 2. The molecule has 1 aromatic rings. The van der Waals surface area contributed by atoms with Crippen LogP contribution in [0.15, 0.2) is 18.2 Å². The summed E-state index contributed by atoms with van der Waals surface area (Å²) in [6.45, 7) is 3.20. The Morgan fingerprint density at radius 3 is 2.71 bits per heavy atom. The number of amides is 1. The van der Waals surface area contributed by atoms with Crippen LogP contribution in [0.3, 0.4) is 0 Å². The molecule has 1 aliphatic rings. The lowest BCUT2D eigenvalue weighted by Gasteiger charge is -2.31. The molecule has 90 valence electrons. The van der Waals surface area contributed by atoms with Gasteiger partial charge in [-0.2, -0.15) is 0 Å². The minimum atomic E-state index is -1.18. The number of anilines is 1. The van der Waals surface area contributed by atoms with Crippen LogP contribution in [-0.2, 0) is 4.74 Å². The van der Waals surface area contributed by atoms with Crippen LogP contribution in [0.2, 0.25) is 0 Å². The van der Waals surface area contributed by atoms with Gasteiger partial charge in [0.05, 0.1) is 0 Å². The zero-order valence-electron chi connectivity index (χ0n) is 9.31. The number of hydrogen-bond donors (Lipinski definition) is 2. The van der Waals surface area contributed by atoms with E-state index < -0.39 is 17.8 Å². The van der Waals surface area contributed by atoms with Gasteiger partial charge in [0, 0.05) is 25.6 Å². The van der Waals surface area contributed by atoms with E-state index in [2.05, 4.69) is 5.32 Å². The Labute approximate surface area is 97.1 Å². The lowest BCUT2D eigenvalue weighted by atomic mass is 10.1. The molecule has 0 bridgehead atoms. The summed E-state index contributed by atoms with van der Waals surface area (Å²) in [5, 5.41) is 10.8. The van der Waals surface area contributed by atoms with Crippen molar-refractivity contribution in [2.75, 3.05) is 5.32 Å². The molecule has 1 heterocycles. The zero-order chi connectivity index (χ0) is 12.6. The van der Waals surface area contributed by atoms with Gasteiger partial charge in [-0.05, 0) is 12.1 Å². The highest BCUT2D eigenvalue weighted by molar-refractivity contribution is 5.95. The highest BCUT2D eigenvalue weighted by Gasteiger charge is 2.33. The zero-order valence-corrected chi connectivity index (χ0v) is 9.31. The van der Waals surface area contributed by atoms with Crippen LogP contribution >= 0.6 is 0 Å². The molecule has 6 nitrogen and oxygen atoms in total. The molecule has 2 rings (SSSR count). The number of hydrogen-bond acceptors (Lipinski definition) is 4. The first-order valence-electron chi connectivity index (χ1n) is 4.94. The van der Waals surface area contributed by atoms with Gasteiger partial charge < -0.3 is 14.6 Å². The van der Waals surface area contributed by atoms with Crippen LogP contribution in [0.1, 0.15) is 24.2 Å². The third-order valence-corrected chi connectivity index (χ3v) is 2.15. The number of carboxylic acid groups (broad SMARTS) is 1. The first-order valence-corrected chi connectivity index (χ1v) is 4.94. The molecule has 0 fully saturated rings. The second kappa shape index (κ2) is 3.65. The number of fused-ring (bicyclic) bond motifs is 1. The molecule has 1 aromatic carbocycles. The van der Waals surface area contributed by atoms with E-state index in [0.29, 0.717) is 11.4 Å². The standard InChI is InChI=1S/C11H11NO5/c1-11(2)16-8-5-6(12-10(14)15)3-4-7(8)9(13)17-11/h3-5,12H,1-2H3,(H,14,15). The molecule has 1 aliphatic heterocycles. The van der Waals surface area contributed by atoms with E-state index in [9.17, 15) is 9.59 Å². The van der Waals surface area contributed by atoms with Crippen LogP contribution in [0, 0.1) is 0 Å². The highest BCUT2D eigenvalue weighted by atomic mass is 16.7. The molecule has 6 heteroatoms. The maximum atomic E-state index is 11.6. The Bertz CT molecular complexity index is 495. The quantitative estimate of drug-likeness (QED) is 0.730. The number of carbonyl (C=O) groups excluding carboxylic acids is 1. The van der Waals surface area contributed by atoms with Crippen LogP contribution in [0.5, 0.6) is 5.75 Å². The molecule has 0 atom stereocenters. The minimum Gasteiger partial charge on any atom is -0.465 e. The lowest BCUT2D eigenvalue weighted by molar-refractivity contribution is -0.127. The van der Waals surface area contributed by atoms with Gasteiger partial charge in [0.25, 0.3) is 0 Å². The summed E-state index contributed by atoms with van der Waals surface area (Å²) in [5.74, 6) is -1.23. The monoisotopic (exact) mass is 237 g/mol. The van der Waals surface area contributed by atoms with Gasteiger partial charge in [0.15, 0.2) is 0 Å². The Kier molecular flexibility index (Phi) is 2.42. The largest absolute Gasteiger partial charge is 0.465 e. The summed E-state index contributed by atoms with van der Waals surface area (Å²) >= 11 is 0. The van der Waals surface area contributed by atoms with Gasteiger partial charge in [0.1, 0.15) is 11.3 Å². The number of nitrogens with one attached hydrogen (secondary N) is 1. The molecule has 0 aliphatic carbocycles. The van der Waals surface area contributed by atoms with Gasteiger partial charge in [0.2, 0.25) is 5.79 Å². The summed E-state index contributed by atoms with van der Waals surface area (Å²) in [6, 6.07) is 4.37. The van der Waals surface area contributed by atoms with Gasteiger partial charge in [-0.3, -0.25) is 5.32 Å². The molecule has 0 spiro atoms. The maximum Gasteiger partial charge on any atom is 0.409 e. The van der Waals surface area contributed by atoms with Gasteiger partial charge in [-0.15, -0.1) is 0 Å². The lowest BCUT2D eigenvalue weighted by Crippen LogP contribution is -2.38. The normalized spacial score (nSPS) is 16.5. The number of rotatable bonds is 1. The molecule has 0 saturated heterocycles. The molecular weight excluding hydrogens is 226 g/mol. The molecule has 0 unspecified atom stereocenters. The average Bonchev–Trinajstić information content (AvgIpc) is 2.13. The van der Waals surface area contributed by atoms with Gasteiger partial charge in [-0.1, -0.05) is 0 Å². The first-order chi connectivity index (χ1) is 7.87. The van der Waals surface area contributed by atoms with Crippen molar-refractivity contribution in [3.05, 3.63) is 23.8 Å². The second-order valence-electron chi connectivity index (χ2n) is 4.03. The van der Waals surface area contributed by atoms with Gasteiger partial charge in [-0.25, -0.2) is 9.59 Å². The van der Waals surface area contributed by atoms with Crippen LogP contribution in [0.25, 0.3) is 0 Å². The smallest absolute Gasteiger partial charge is 0.409 e. The molecular formula is C11H11NO5. The van der Waals surface area contributed by atoms with Crippen LogP contribution < -0.4 is 10.1 Å². The third kappa shape index (κ3) is 2.30. The first kappa shape index (κ1) is 11.3. The molecule has 0 radical (unpaired) electrons. The second-order valence-corrected chi connectivity index (χ2v) is 4.03. The Morgan fingerprint density at radius 1 is 1.35 bits per heavy atom. The van der Waals surface area contributed by atoms with Crippen molar-refractivity contribution in [1.82, 2.24) is 0 Å². The molecule has 2 N–H and O–H groups in total. The van der Waals surface area contributed by atoms with E-state index in [4.69, 9.17) is 14.6 Å². The Hall–Kier alpha value is -2.24. The van der Waals surface area contributed by atoms with E-state index in [1.54, 1.807) is 13.8 Å². The summed E-state index contributed by atoms with van der Waals surface area (Å²) in [7, 11) is 0. The number of benzene rings is 1. The Balaban J connectivity index is 2.38. The number of cyclic esters (lactones) is 1. The van der Waals surface area contributed by atoms with Crippen molar-refractivity contribution >= 4 is 17.7 Å². The van der Waals surface area contributed by atoms with E-state index in [1.165, 1.54) is 18.2 Å². The van der Waals surface area contributed by atoms with Gasteiger partial charge >= 0.3 is 12.1 Å². The number of esters is 1. The van der Waals surface area contributed by atoms with Crippen molar-refractivity contribution in [2.45, 2.75) is 19.6 Å². The minimum absolute atomic E-state index is 0.278. The molecule has 17 heavy (non-hydrogen) atoms. The fourth-order valence-corrected chi connectivity index (χ4v) is 1.54. The summed E-state index contributed by atoms with van der Waals surface area (Å²) in [5.41, 5.74) is 0.613. The summed E-state index contributed by atoms with van der Waals surface area (Å²) < 4.78 is 10.5. The molecule has 0 aromatic heterocycles. The van der Waals surface area contributed by atoms with Crippen molar-refractivity contribution < 1.29 is 24.2 Å². The topological polar surface area (TPSA) is 84.9 Å². The number of ether oxygens (including phenoxy) is 2. The van der Waals surface area contributed by atoms with E-state index in [1.807, 2.05) is 0 Å². The van der Waals surface area contributed by atoms with E-state index in [-0.39, 0.29) is 5.56 Å². The summed E-state index contributed by atoms with van der Waals surface area (Å²) in [6.07, 6.45) is -1.18. The van der Waals surface area contributed by atoms with Crippen LogP contribution in [0.4, 0.5) is 10.5 Å². The Morgan fingerprint density at radius 2 is 2.06 bits per heavy atom. The molecule has 0 saturated carbocycles. The molecule has 1 amide bonds. The van der Waals surface area contributed by atoms with E-state index >= 15 is 0 Å². The van der Waals surface area contributed by atoms with E-state index in [0.717, 1.165) is 0 Å².